The Labute approximate surface area is 150 Å². The van der Waals surface area contributed by atoms with E-state index in [9.17, 15) is 9.59 Å². The first-order valence-corrected chi connectivity index (χ1v) is 9.18. The number of hydrogen-bond donors (Lipinski definition) is 2. The van der Waals surface area contributed by atoms with E-state index in [-0.39, 0.29) is 17.7 Å². The molecule has 6 heteroatoms. The van der Waals surface area contributed by atoms with E-state index in [0.717, 1.165) is 38.9 Å². The van der Waals surface area contributed by atoms with E-state index in [0.29, 0.717) is 11.6 Å². The predicted molar refractivity (Wildman–Crippen MR) is 98.2 cm³/mol. The van der Waals surface area contributed by atoms with Crippen LogP contribution in [0.25, 0.3) is 0 Å². The maximum Gasteiger partial charge on any atom is 0.270 e. The smallest absolute Gasteiger partial charge is 0.270 e. The molecule has 1 fully saturated rings. The van der Waals surface area contributed by atoms with Gasteiger partial charge in [-0.1, -0.05) is 19.9 Å². The first-order valence-electron chi connectivity index (χ1n) is 9.18. The van der Waals surface area contributed by atoms with Gasteiger partial charge < -0.3 is 15.5 Å². The van der Waals surface area contributed by atoms with Crippen LogP contribution in [0.4, 0.5) is 0 Å². The number of piperidine rings is 1. The average molecular weight is 346 g/mol. The quantitative estimate of drug-likeness (QED) is 0.788. The maximum atomic E-state index is 12.9. The molecule has 6 nitrogen and oxygen atoms in total. The third kappa shape index (κ3) is 5.53. The van der Waals surface area contributed by atoms with Gasteiger partial charge in [0.25, 0.3) is 5.91 Å². The molecule has 0 spiro atoms. The molecular formula is C19H30N4O2. The van der Waals surface area contributed by atoms with Gasteiger partial charge in [-0.3, -0.25) is 14.6 Å². The highest BCUT2D eigenvalue weighted by Crippen LogP contribution is 2.21. The number of carbonyl (C=O) groups excluding carboxylic acids is 2. The summed E-state index contributed by atoms with van der Waals surface area (Å²) in [6, 6.07) is 4.68. The minimum atomic E-state index is -0.511. The molecule has 1 aliphatic rings. The molecule has 1 atom stereocenters. The zero-order valence-corrected chi connectivity index (χ0v) is 15.5. The summed E-state index contributed by atoms with van der Waals surface area (Å²) < 4.78 is 0. The van der Waals surface area contributed by atoms with E-state index in [1.807, 2.05) is 25.8 Å². The van der Waals surface area contributed by atoms with E-state index in [1.165, 1.54) is 0 Å². The minimum Gasteiger partial charge on any atom is -0.341 e. The van der Waals surface area contributed by atoms with Gasteiger partial charge in [-0.25, -0.2) is 0 Å². The van der Waals surface area contributed by atoms with Crippen molar-refractivity contribution in [2.24, 2.45) is 11.8 Å². The topological polar surface area (TPSA) is 74.3 Å². The van der Waals surface area contributed by atoms with Gasteiger partial charge in [0.05, 0.1) is 0 Å². The molecule has 2 amide bonds. The Morgan fingerprint density at radius 3 is 2.56 bits per heavy atom. The number of likely N-dealkylation sites (tertiary alicyclic amines) is 1. The van der Waals surface area contributed by atoms with Gasteiger partial charge in [0.15, 0.2) is 0 Å². The van der Waals surface area contributed by atoms with Gasteiger partial charge in [-0.05, 0) is 56.8 Å². The minimum absolute atomic E-state index is 0.0198. The molecule has 1 unspecified atom stereocenters. The summed E-state index contributed by atoms with van der Waals surface area (Å²) in [4.78, 5) is 31.2. The second-order valence-corrected chi connectivity index (χ2v) is 7.07. The Kier molecular flexibility index (Phi) is 7.37. The summed E-state index contributed by atoms with van der Waals surface area (Å²) in [6.07, 6.45) is 4.80. The molecule has 0 saturated carbocycles. The van der Waals surface area contributed by atoms with E-state index in [2.05, 4.69) is 15.6 Å². The van der Waals surface area contributed by atoms with Crippen molar-refractivity contribution in [1.29, 1.82) is 0 Å². The van der Waals surface area contributed by atoms with Crippen LogP contribution in [-0.4, -0.2) is 54.4 Å². The van der Waals surface area contributed by atoms with Crippen LogP contribution < -0.4 is 10.6 Å². The van der Waals surface area contributed by atoms with Crippen LogP contribution in [0.3, 0.4) is 0 Å². The standard InChI is InChI=1S/C19H30N4O2/c1-14(2)17(22-18(24)16-6-4-5-10-21-16)19(25)23-12-8-15(9-13-23)7-11-20-3/h4-6,10,14-15,17,20H,7-9,11-13H2,1-3H3,(H,22,24). The van der Waals surface area contributed by atoms with Crippen LogP contribution in [-0.2, 0) is 4.79 Å². The molecule has 0 aliphatic carbocycles. The van der Waals surface area contributed by atoms with E-state index < -0.39 is 6.04 Å². The largest absolute Gasteiger partial charge is 0.341 e. The molecule has 1 saturated heterocycles. The van der Waals surface area contributed by atoms with Gasteiger partial charge in [0.1, 0.15) is 11.7 Å². The van der Waals surface area contributed by atoms with Crippen LogP contribution in [0, 0.1) is 11.8 Å². The number of pyridine rings is 1. The lowest BCUT2D eigenvalue weighted by molar-refractivity contribution is -0.135. The average Bonchev–Trinajstić information content (AvgIpc) is 2.64. The van der Waals surface area contributed by atoms with Crippen LogP contribution in [0.15, 0.2) is 24.4 Å². The normalized spacial score (nSPS) is 16.7. The third-order valence-electron chi connectivity index (χ3n) is 4.85. The summed E-state index contributed by atoms with van der Waals surface area (Å²) >= 11 is 0. The molecule has 0 bridgehead atoms. The van der Waals surface area contributed by atoms with Crippen molar-refractivity contribution in [3.63, 3.8) is 0 Å². The highest BCUT2D eigenvalue weighted by molar-refractivity contribution is 5.96. The van der Waals surface area contributed by atoms with Crippen molar-refractivity contribution in [1.82, 2.24) is 20.5 Å². The Bertz CT molecular complexity index is 554. The predicted octanol–water partition coefficient (Wildman–Crippen LogP) is 1.68. The molecule has 0 aromatic carbocycles. The molecule has 1 aromatic heterocycles. The Balaban J connectivity index is 1.93. The number of rotatable bonds is 7. The molecule has 2 rings (SSSR count). The van der Waals surface area contributed by atoms with Crippen molar-refractivity contribution < 1.29 is 9.59 Å². The van der Waals surface area contributed by atoms with Crippen LogP contribution in [0.2, 0.25) is 0 Å². The highest BCUT2D eigenvalue weighted by Gasteiger charge is 2.31. The number of aromatic nitrogens is 1. The second-order valence-electron chi connectivity index (χ2n) is 7.07. The lowest BCUT2D eigenvalue weighted by atomic mass is 9.92. The van der Waals surface area contributed by atoms with Gasteiger partial charge in [-0.2, -0.15) is 0 Å². The number of amides is 2. The molecule has 1 aliphatic heterocycles. The molecule has 0 radical (unpaired) electrons. The molecule has 2 N–H and O–H groups in total. The third-order valence-corrected chi connectivity index (χ3v) is 4.85. The van der Waals surface area contributed by atoms with Crippen molar-refractivity contribution in [3.8, 4) is 0 Å². The summed E-state index contributed by atoms with van der Waals surface area (Å²) in [5.41, 5.74) is 0.340. The number of hydrogen-bond acceptors (Lipinski definition) is 4. The summed E-state index contributed by atoms with van der Waals surface area (Å²) in [7, 11) is 1.97. The van der Waals surface area contributed by atoms with Gasteiger partial charge in [0.2, 0.25) is 5.91 Å². The molecule has 25 heavy (non-hydrogen) atoms. The second kappa shape index (κ2) is 9.51. The van der Waals surface area contributed by atoms with E-state index >= 15 is 0 Å². The van der Waals surface area contributed by atoms with Crippen molar-refractivity contribution >= 4 is 11.8 Å². The first kappa shape index (κ1) is 19.4. The molecular weight excluding hydrogens is 316 g/mol. The van der Waals surface area contributed by atoms with Crippen molar-refractivity contribution in [2.45, 2.75) is 39.2 Å². The molecule has 1 aromatic rings. The SMILES string of the molecule is CNCCC1CCN(C(=O)C(NC(=O)c2ccccn2)C(C)C)CC1. The first-order chi connectivity index (χ1) is 12.0. The lowest BCUT2D eigenvalue weighted by Crippen LogP contribution is -2.53. The molecule has 138 valence electrons. The fourth-order valence-electron chi connectivity index (χ4n) is 3.21. The molecule has 2 heterocycles. The van der Waals surface area contributed by atoms with Crippen LogP contribution in [0.5, 0.6) is 0 Å². The van der Waals surface area contributed by atoms with Crippen molar-refractivity contribution in [2.75, 3.05) is 26.7 Å². The number of nitrogens with zero attached hydrogens (tertiary/aromatic N) is 2. The fraction of sp³-hybridized carbons (Fsp3) is 0.632. The van der Waals surface area contributed by atoms with Crippen molar-refractivity contribution in [3.05, 3.63) is 30.1 Å². The maximum absolute atomic E-state index is 12.9. The van der Waals surface area contributed by atoms with E-state index in [1.54, 1.807) is 24.4 Å². The van der Waals surface area contributed by atoms with Gasteiger partial charge in [-0.15, -0.1) is 0 Å². The highest BCUT2D eigenvalue weighted by atomic mass is 16.2. The Morgan fingerprint density at radius 2 is 2.00 bits per heavy atom. The zero-order valence-electron chi connectivity index (χ0n) is 15.5. The number of nitrogens with one attached hydrogen (secondary N) is 2. The Hall–Kier alpha value is -1.95. The number of carbonyl (C=O) groups is 2. The van der Waals surface area contributed by atoms with Crippen LogP contribution in [0.1, 0.15) is 43.6 Å². The van der Waals surface area contributed by atoms with Gasteiger partial charge >= 0.3 is 0 Å². The fourth-order valence-corrected chi connectivity index (χ4v) is 3.21. The zero-order chi connectivity index (χ0) is 18.2. The summed E-state index contributed by atoms with van der Waals surface area (Å²) in [5, 5.41) is 6.06. The lowest BCUT2D eigenvalue weighted by Gasteiger charge is -2.35. The van der Waals surface area contributed by atoms with Gasteiger partial charge in [0, 0.05) is 19.3 Å². The summed E-state index contributed by atoms with van der Waals surface area (Å²) in [5.74, 6) is 0.433. The Morgan fingerprint density at radius 1 is 1.28 bits per heavy atom. The summed E-state index contributed by atoms with van der Waals surface area (Å²) in [6.45, 7) is 6.49. The monoisotopic (exact) mass is 346 g/mol. The van der Waals surface area contributed by atoms with Crippen LogP contribution >= 0.6 is 0 Å². The van der Waals surface area contributed by atoms with E-state index in [4.69, 9.17) is 0 Å².